The van der Waals surface area contributed by atoms with Gasteiger partial charge in [0, 0.05) is 32.4 Å². The topological polar surface area (TPSA) is 91.0 Å². The lowest BCUT2D eigenvalue weighted by atomic mass is 10.1. The summed E-state index contributed by atoms with van der Waals surface area (Å²) in [6, 6.07) is 12.6. The lowest BCUT2D eigenvalue weighted by molar-refractivity contribution is -0.121. The van der Waals surface area contributed by atoms with Gasteiger partial charge in [-0.15, -0.1) is 0 Å². The second kappa shape index (κ2) is 9.05. The Morgan fingerprint density at radius 1 is 1.16 bits per heavy atom. The van der Waals surface area contributed by atoms with Crippen LogP contribution in [0.2, 0.25) is 0 Å². The smallest absolute Gasteiger partial charge is 0.261 e. The quantitative estimate of drug-likeness (QED) is 0.486. The molecule has 1 atom stereocenters. The van der Waals surface area contributed by atoms with Crippen molar-refractivity contribution < 1.29 is 9.53 Å². The average molecular weight is 431 g/mol. The van der Waals surface area contributed by atoms with Gasteiger partial charge in [-0.3, -0.25) is 14.2 Å². The van der Waals surface area contributed by atoms with Gasteiger partial charge in [0.25, 0.3) is 5.56 Å². The van der Waals surface area contributed by atoms with Crippen LogP contribution in [0, 0.1) is 6.92 Å². The number of carbonyl (C=O) groups excluding carboxylic acids is 1. The number of nitrogens with zero attached hydrogens (tertiary/aromatic N) is 4. The van der Waals surface area contributed by atoms with Crippen molar-refractivity contribution in [1.29, 1.82) is 0 Å². The van der Waals surface area contributed by atoms with Gasteiger partial charge in [0.05, 0.1) is 24.3 Å². The summed E-state index contributed by atoms with van der Waals surface area (Å²) >= 11 is 0. The molecule has 8 nitrogen and oxygen atoms in total. The first-order valence-corrected chi connectivity index (χ1v) is 10.3. The molecule has 0 aliphatic rings. The van der Waals surface area contributed by atoms with Gasteiger partial charge in [-0.2, -0.15) is 0 Å². The van der Waals surface area contributed by atoms with Crippen LogP contribution in [0.15, 0.2) is 66.0 Å². The van der Waals surface area contributed by atoms with E-state index in [9.17, 15) is 9.59 Å². The fourth-order valence-corrected chi connectivity index (χ4v) is 3.70. The number of methoxy groups -OCH3 is 1. The van der Waals surface area contributed by atoms with Gasteiger partial charge >= 0.3 is 0 Å². The summed E-state index contributed by atoms with van der Waals surface area (Å²) in [5.74, 6) is 1.26. The van der Waals surface area contributed by atoms with Crippen LogP contribution >= 0.6 is 0 Å². The van der Waals surface area contributed by atoms with Crippen molar-refractivity contribution in [2.24, 2.45) is 7.05 Å². The number of carbonyl (C=O) groups is 1. The summed E-state index contributed by atoms with van der Waals surface area (Å²) in [5, 5.41) is 3.60. The molecule has 0 aliphatic heterocycles. The molecule has 1 N–H and O–H groups in total. The number of ether oxygens (including phenoxy) is 1. The molecule has 0 fully saturated rings. The van der Waals surface area contributed by atoms with E-state index in [1.54, 1.807) is 19.4 Å². The maximum Gasteiger partial charge on any atom is 0.261 e. The number of fused-ring (bicyclic) bond motifs is 1. The Hall–Kier alpha value is -3.94. The van der Waals surface area contributed by atoms with E-state index in [2.05, 4.69) is 15.3 Å². The third-order valence-electron chi connectivity index (χ3n) is 5.51. The van der Waals surface area contributed by atoms with Crippen molar-refractivity contribution in [3.63, 3.8) is 0 Å². The molecule has 1 unspecified atom stereocenters. The SMILES string of the molecule is COc1ccc(C(NC(=O)CCn2cnc3c(C)cccc3c2=O)c2nccn2C)cc1. The molecule has 8 heteroatoms. The monoisotopic (exact) mass is 431 g/mol. The van der Waals surface area contributed by atoms with E-state index in [1.807, 2.05) is 61.1 Å². The number of aryl methyl sites for hydroxylation is 3. The van der Waals surface area contributed by atoms with E-state index in [0.29, 0.717) is 16.7 Å². The maximum atomic E-state index is 12.9. The molecule has 2 aromatic carbocycles. The molecule has 1 amide bonds. The third kappa shape index (κ3) is 4.25. The number of nitrogens with one attached hydrogen (secondary N) is 1. The minimum absolute atomic E-state index is 0.135. The van der Waals surface area contributed by atoms with Crippen LogP contribution in [-0.2, 0) is 18.4 Å². The molecule has 4 rings (SSSR count). The van der Waals surface area contributed by atoms with Crippen molar-refractivity contribution in [3.8, 4) is 5.75 Å². The zero-order valence-corrected chi connectivity index (χ0v) is 18.3. The summed E-state index contributed by atoms with van der Waals surface area (Å²) in [4.78, 5) is 34.5. The molecule has 2 aromatic heterocycles. The van der Waals surface area contributed by atoms with Gasteiger partial charge < -0.3 is 14.6 Å². The lowest BCUT2D eigenvalue weighted by Crippen LogP contribution is -2.32. The van der Waals surface area contributed by atoms with Crippen LogP contribution in [-0.4, -0.2) is 32.1 Å². The molecule has 164 valence electrons. The van der Waals surface area contributed by atoms with Crippen molar-refractivity contribution in [3.05, 3.63) is 88.5 Å². The Morgan fingerprint density at radius 3 is 2.62 bits per heavy atom. The summed E-state index contributed by atoms with van der Waals surface area (Å²) < 4.78 is 8.58. The van der Waals surface area contributed by atoms with Gasteiger partial charge in [-0.25, -0.2) is 9.97 Å². The summed E-state index contributed by atoms with van der Waals surface area (Å²) in [6.07, 6.45) is 5.17. The highest BCUT2D eigenvalue weighted by Crippen LogP contribution is 2.23. The molecule has 0 radical (unpaired) electrons. The lowest BCUT2D eigenvalue weighted by Gasteiger charge is -2.19. The zero-order chi connectivity index (χ0) is 22.7. The minimum atomic E-state index is -0.428. The highest BCUT2D eigenvalue weighted by atomic mass is 16.5. The normalized spacial score (nSPS) is 12.0. The van der Waals surface area contributed by atoms with Crippen LogP contribution in [0.3, 0.4) is 0 Å². The average Bonchev–Trinajstić information content (AvgIpc) is 3.23. The van der Waals surface area contributed by atoms with E-state index in [1.165, 1.54) is 10.9 Å². The van der Waals surface area contributed by atoms with Crippen molar-refractivity contribution in [2.45, 2.75) is 25.9 Å². The highest BCUT2D eigenvalue weighted by molar-refractivity contribution is 5.80. The minimum Gasteiger partial charge on any atom is -0.497 e. The number of hydrogen-bond donors (Lipinski definition) is 1. The molecule has 2 heterocycles. The third-order valence-corrected chi connectivity index (χ3v) is 5.51. The van der Waals surface area contributed by atoms with Gasteiger partial charge in [0.1, 0.15) is 17.6 Å². The number of imidazole rings is 1. The summed E-state index contributed by atoms with van der Waals surface area (Å²) in [5.41, 5.74) is 2.37. The van der Waals surface area contributed by atoms with Crippen molar-refractivity contribution in [1.82, 2.24) is 24.4 Å². The van der Waals surface area contributed by atoms with E-state index in [0.717, 1.165) is 16.9 Å². The Kier molecular flexibility index (Phi) is 6.02. The Balaban J connectivity index is 1.53. The first kappa shape index (κ1) is 21.3. The largest absolute Gasteiger partial charge is 0.497 e. The van der Waals surface area contributed by atoms with Crippen LogP contribution in [0.4, 0.5) is 0 Å². The standard InChI is InChI=1S/C24H25N5O3/c1-16-5-4-6-19-21(16)26-15-29(24(19)31)13-11-20(30)27-22(23-25-12-14-28(23)2)17-7-9-18(32-3)10-8-17/h4-10,12,14-15,22H,11,13H2,1-3H3,(H,27,30). The van der Waals surface area contributed by atoms with E-state index in [4.69, 9.17) is 4.74 Å². The number of benzene rings is 2. The van der Waals surface area contributed by atoms with Crippen molar-refractivity contribution >= 4 is 16.8 Å². The first-order chi connectivity index (χ1) is 15.5. The summed E-state index contributed by atoms with van der Waals surface area (Å²) in [7, 11) is 3.49. The Bertz CT molecular complexity index is 1310. The van der Waals surface area contributed by atoms with Crippen LogP contribution < -0.4 is 15.6 Å². The molecule has 0 bridgehead atoms. The fourth-order valence-electron chi connectivity index (χ4n) is 3.70. The number of rotatable bonds is 7. The maximum absolute atomic E-state index is 12.9. The second-order valence-electron chi connectivity index (χ2n) is 7.63. The summed E-state index contributed by atoms with van der Waals surface area (Å²) in [6.45, 7) is 2.15. The number of para-hydroxylation sites is 1. The second-order valence-corrected chi connectivity index (χ2v) is 7.63. The van der Waals surface area contributed by atoms with Gasteiger partial charge in [0.15, 0.2) is 0 Å². The van der Waals surface area contributed by atoms with Gasteiger partial charge in [-0.1, -0.05) is 24.3 Å². The fraction of sp³-hybridized carbons (Fsp3) is 0.250. The predicted molar refractivity (Wildman–Crippen MR) is 122 cm³/mol. The number of amides is 1. The molecular weight excluding hydrogens is 406 g/mol. The van der Waals surface area contributed by atoms with Crippen LogP contribution in [0.25, 0.3) is 10.9 Å². The molecule has 0 saturated carbocycles. The van der Waals surface area contributed by atoms with E-state index in [-0.39, 0.29) is 24.4 Å². The number of aromatic nitrogens is 4. The van der Waals surface area contributed by atoms with Crippen molar-refractivity contribution in [2.75, 3.05) is 7.11 Å². The molecule has 32 heavy (non-hydrogen) atoms. The first-order valence-electron chi connectivity index (χ1n) is 10.3. The Labute approximate surface area is 185 Å². The van der Waals surface area contributed by atoms with Crippen LogP contribution in [0.5, 0.6) is 5.75 Å². The molecule has 4 aromatic rings. The molecule has 0 aliphatic carbocycles. The van der Waals surface area contributed by atoms with Gasteiger partial charge in [-0.05, 0) is 36.2 Å². The van der Waals surface area contributed by atoms with Crippen LogP contribution in [0.1, 0.15) is 29.4 Å². The van der Waals surface area contributed by atoms with E-state index >= 15 is 0 Å². The zero-order valence-electron chi connectivity index (χ0n) is 18.3. The predicted octanol–water partition coefficient (Wildman–Crippen LogP) is 2.74. The Morgan fingerprint density at radius 2 is 1.94 bits per heavy atom. The molecule has 0 spiro atoms. The highest BCUT2D eigenvalue weighted by Gasteiger charge is 2.21. The molecule has 0 saturated heterocycles. The number of hydrogen-bond acceptors (Lipinski definition) is 5. The van der Waals surface area contributed by atoms with Gasteiger partial charge in [0.2, 0.25) is 5.91 Å². The van der Waals surface area contributed by atoms with E-state index < -0.39 is 6.04 Å². The molecular formula is C24H25N5O3.